The predicted octanol–water partition coefficient (Wildman–Crippen LogP) is 4.82. The molecule has 0 aliphatic carbocycles. The van der Waals surface area contributed by atoms with Gasteiger partial charge in [0.15, 0.2) is 0 Å². The van der Waals surface area contributed by atoms with Gasteiger partial charge in [-0.05, 0) is 61.9 Å². The van der Waals surface area contributed by atoms with Crippen molar-refractivity contribution in [3.05, 3.63) is 87.7 Å². The Morgan fingerprint density at radius 1 is 1.09 bits per heavy atom. The van der Waals surface area contributed by atoms with Crippen molar-refractivity contribution >= 4 is 28.2 Å². The fourth-order valence-electron chi connectivity index (χ4n) is 4.03. The maximum Gasteiger partial charge on any atom is 0.337 e. The maximum absolute atomic E-state index is 13.3. The van der Waals surface area contributed by atoms with Gasteiger partial charge in [0.2, 0.25) is 0 Å². The van der Waals surface area contributed by atoms with Crippen molar-refractivity contribution in [3.63, 3.8) is 0 Å². The average molecular weight is 443 g/mol. The fourth-order valence-corrected chi connectivity index (χ4v) is 4.03. The van der Waals surface area contributed by atoms with Crippen LogP contribution in [0, 0.1) is 6.92 Å². The van der Waals surface area contributed by atoms with Gasteiger partial charge >= 0.3 is 5.97 Å². The van der Waals surface area contributed by atoms with Gasteiger partial charge in [-0.3, -0.25) is 9.36 Å². The Balaban J connectivity index is 1.87. The first-order valence-electron chi connectivity index (χ1n) is 10.7. The average Bonchev–Trinajstić information content (AvgIpc) is 2.81. The highest BCUT2D eigenvalue weighted by Crippen LogP contribution is 2.29. The quantitative estimate of drug-likeness (QED) is 0.396. The van der Waals surface area contributed by atoms with Gasteiger partial charge in [-0.2, -0.15) is 0 Å². The first-order valence-corrected chi connectivity index (χ1v) is 10.7. The largest absolute Gasteiger partial charge is 0.478 e. The van der Waals surface area contributed by atoms with Crippen molar-refractivity contribution < 1.29 is 9.90 Å². The number of hydrogen-bond acceptors (Lipinski definition) is 5. The zero-order valence-electron chi connectivity index (χ0n) is 19.0. The lowest BCUT2D eigenvalue weighted by molar-refractivity contribution is 0.0698. The van der Waals surface area contributed by atoms with Crippen LogP contribution in [-0.2, 0) is 7.05 Å². The number of nitrogens with one attached hydrogen (secondary N) is 2. The number of aromatic nitrogens is 2. The number of fused-ring (bicyclic) bond motifs is 1. The van der Waals surface area contributed by atoms with Crippen LogP contribution < -0.4 is 16.2 Å². The standard InChI is InChI=1S/C26H26N4O3/c1-15-13-20(16(2)28-22-8-6-5-7-19(22)26(32)33)23-21(14-15)25(31)30(4)24(29-23)17-9-11-18(27-3)12-10-17/h5-14,16,27-28H,1-4H3,(H,32,33)/t16-/m1/s1. The van der Waals surface area contributed by atoms with Gasteiger partial charge < -0.3 is 15.7 Å². The van der Waals surface area contributed by atoms with Gasteiger partial charge in [-0.1, -0.05) is 18.2 Å². The molecular weight excluding hydrogens is 416 g/mol. The Hall–Kier alpha value is -4.13. The van der Waals surface area contributed by atoms with E-state index in [0.717, 1.165) is 22.4 Å². The van der Waals surface area contributed by atoms with Crippen LogP contribution in [0.25, 0.3) is 22.3 Å². The monoisotopic (exact) mass is 442 g/mol. The number of carboxylic acids is 1. The topological polar surface area (TPSA) is 96.2 Å². The van der Waals surface area contributed by atoms with Crippen LogP contribution in [0.15, 0.2) is 65.5 Å². The summed E-state index contributed by atoms with van der Waals surface area (Å²) in [4.78, 5) is 29.8. The Kier molecular flexibility index (Phi) is 5.87. The highest BCUT2D eigenvalue weighted by atomic mass is 16.4. The summed E-state index contributed by atoms with van der Waals surface area (Å²) in [6.45, 7) is 3.87. The van der Waals surface area contributed by atoms with Crippen molar-refractivity contribution in [3.8, 4) is 11.4 Å². The fraction of sp³-hybridized carbons (Fsp3) is 0.192. The van der Waals surface area contributed by atoms with Gasteiger partial charge in [-0.15, -0.1) is 0 Å². The zero-order chi connectivity index (χ0) is 23.7. The second kappa shape index (κ2) is 8.78. The first-order chi connectivity index (χ1) is 15.8. The summed E-state index contributed by atoms with van der Waals surface area (Å²) >= 11 is 0. The van der Waals surface area contributed by atoms with E-state index >= 15 is 0 Å². The highest BCUT2D eigenvalue weighted by Gasteiger charge is 2.19. The lowest BCUT2D eigenvalue weighted by atomic mass is 10.00. The molecule has 1 atom stereocenters. The molecule has 0 amide bonds. The molecule has 3 aromatic carbocycles. The van der Waals surface area contributed by atoms with Crippen LogP contribution in [0.3, 0.4) is 0 Å². The van der Waals surface area contributed by atoms with Crippen molar-refractivity contribution in [1.82, 2.24) is 9.55 Å². The summed E-state index contributed by atoms with van der Waals surface area (Å²) < 4.78 is 1.57. The van der Waals surface area contributed by atoms with Gasteiger partial charge in [0.05, 0.1) is 22.5 Å². The van der Waals surface area contributed by atoms with Crippen LogP contribution in [-0.4, -0.2) is 27.7 Å². The highest BCUT2D eigenvalue weighted by molar-refractivity contribution is 5.94. The van der Waals surface area contributed by atoms with E-state index in [9.17, 15) is 14.7 Å². The smallest absolute Gasteiger partial charge is 0.337 e. The van der Waals surface area contributed by atoms with Crippen molar-refractivity contribution in [2.45, 2.75) is 19.9 Å². The van der Waals surface area contributed by atoms with Crippen LogP contribution in [0.2, 0.25) is 0 Å². The molecule has 3 N–H and O–H groups in total. The molecule has 7 heteroatoms. The summed E-state index contributed by atoms with van der Waals surface area (Å²) in [6.07, 6.45) is 0. The molecule has 0 aliphatic rings. The van der Waals surface area contributed by atoms with Crippen LogP contribution >= 0.6 is 0 Å². The minimum absolute atomic E-state index is 0.129. The number of anilines is 2. The van der Waals surface area contributed by atoms with E-state index in [0.29, 0.717) is 22.4 Å². The normalized spacial score (nSPS) is 11.9. The molecule has 0 aliphatic heterocycles. The third kappa shape index (κ3) is 4.17. The number of carboxylic acid groups (broad SMARTS) is 1. The SMILES string of the molecule is CNc1ccc(-c2nc3c([C@@H](C)Nc4ccccc4C(=O)O)cc(C)cc3c(=O)n2C)cc1. The zero-order valence-corrected chi connectivity index (χ0v) is 19.0. The number of aryl methyl sites for hydroxylation is 1. The number of para-hydroxylation sites is 1. The lowest BCUT2D eigenvalue weighted by Crippen LogP contribution is -2.22. The number of carbonyl (C=O) groups is 1. The molecule has 4 rings (SSSR count). The van der Waals surface area contributed by atoms with E-state index in [-0.39, 0.29) is 17.2 Å². The van der Waals surface area contributed by atoms with Gasteiger partial charge in [0.1, 0.15) is 5.82 Å². The molecule has 0 spiro atoms. The number of aromatic carboxylic acids is 1. The molecule has 0 fully saturated rings. The third-order valence-electron chi connectivity index (χ3n) is 5.78. The molecule has 4 aromatic rings. The number of nitrogens with zero attached hydrogens (tertiary/aromatic N) is 2. The molecule has 7 nitrogen and oxygen atoms in total. The molecular formula is C26H26N4O3. The summed E-state index contributed by atoms with van der Waals surface area (Å²) in [5.41, 5.74) is 4.74. The Morgan fingerprint density at radius 3 is 2.45 bits per heavy atom. The van der Waals surface area contributed by atoms with E-state index in [1.807, 2.05) is 57.3 Å². The van der Waals surface area contributed by atoms with E-state index < -0.39 is 5.97 Å². The minimum Gasteiger partial charge on any atom is -0.478 e. The van der Waals surface area contributed by atoms with E-state index in [2.05, 4.69) is 10.6 Å². The number of hydrogen-bond donors (Lipinski definition) is 3. The molecule has 33 heavy (non-hydrogen) atoms. The molecule has 0 saturated carbocycles. The van der Waals surface area contributed by atoms with Gasteiger partial charge in [0, 0.05) is 36.6 Å². The summed E-state index contributed by atoms with van der Waals surface area (Å²) in [5.74, 6) is -0.433. The molecule has 168 valence electrons. The van der Waals surface area contributed by atoms with E-state index in [1.54, 1.807) is 35.9 Å². The maximum atomic E-state index is 13.3. The Labute approximate surface area is 191 Å². The molecule has 1 heterocycles. The van der Waals surface area contributed by atoms with E-state index in [1.165, 1.54) is 0 Å². The van der Waals surface area contributed by atoms with E-state index in [4.69, 9.17) is 4.98 Å². The lowest BCUT2D eigenvalue weighted by Gasteiger charge is -2.20. The number of benzene rings is 3. The molecule has 0 unspecified atom stereocenters. The molecule has 0 saturated heterocycles. The van der Waals surface area contributed by atoms with Gasteiger partial charge in [-0.25, -0.2) is 9.78 Å². The number of rotatable bonds is 6. The summed E-state index contributed by atoms with van der Waals surface area (Å²) in [5, 5.41) is 16.4. The van der Waals surface area contributed by atoms with Crippen LogP contribution in [0.5, 0.6) is 0 Å². The Bertz CT molecular complexity index is 1410. The van der Waals surface area contributed by atoms with Crippen LogP contribution in [0.4, 0.5) is 11.4 Å². The molecule has 1 aromatic heterocycles. The summed E-state index contributed by atoms with van der Waals surface area (Å²) in [6, 6.07) is 18.1. The first kappa shape index (κ1) is 22.1. The molecule has 0 bridgehead atoms. The van der Waals surface area contributed by atoms with Crippen molar-refractivity contribution in [2.24, 2.45) is 7.05 Å². The summed E-state index contributed by atoms with van der Waals surface area (Å²) in [7, 11) is 3.58. The van der Waals surface area contributed by atoms with Gasteiger partial charge in [0.25, 0.3) is 5.56 Å². The van der Waals surface area contributed by atoms with Crippen LogP contribution in [0.1, 0.15) is 34.5 Å². The second-order valence-electron chi connectivity index (χ2n) is 8.09. The third-order valence-corrected chi connectivity index (χ3v) is 5.78. The predicted molar refractivity (Wildman–Crippen MR) is 132 cm³/mol. The van der Waals surface area contributed by atoms with Crippen molar-refractivity contribution in [2.75, 3.05) is 17.7 Å². The second-order valence-corrected chi connectivity index (χ2v) is 8.09. The minimum atomic E-state index is -1.00. The Morgan fingerprint density at radius 2 is 1.79 bits per heavy atom. The molecule has 0 radical (unpaired) electrons. The van der Waals surface area contributed by atoms with Crippen molar-refractivity contribution in [1.29, 1.82) is 0 Å².